The van der Waals surface area contributed by atoms with Crippen LogP contribution in [0.2, 0.25) is 0 Å². The van der Waals surface area contributed by atoms with Gasteiger partial charge < -0.3 is 16.0 Å². The molecular formula is C13H21N5OS. The summed E-state index contributed by atoms with van der Waals surface area (Å²) in [5.74, 6) is 1.77. The van der Waals surface area contributed by atoms with Crippen molar-refractivity contribution in [1.29, 1.82) is 0 Å². The molecule has 3 N–H and O–H groups in total. The topological polar surface area (TPSA) is 78.9 Å². The first-order valence-corrected chi connectivity index (χ1v) is 8.14. The zero-order chi connectivity index (χ0) is 14.4. The summed E-state index contributed by atoms with van der Waals surface area (Å²) in [6, 6.07) is 2.11. The molecule has 2 heterocycles. The first-order chi connectivity index (χ1) is 9.71. The highest BCUT2D eigenvalue weighted by Crippen LogP contribution is 2.18. The van der Waals surface area contributed by atoms with Crippen LogP contribution in [-0.2, 0) is 4.79 Å². The summed E-state index contributed by atoms with van der Waals surface area (Å²) < 4.78 is 0. The molecule has 7 heteroatoms. The minimum absolute atomic E-state index is 0.134. The normalized spacial score (nSPS) is 17.9. The monoisotopic (exact) mass is 295 g/mol. The molecule has 0 spiro atoms. The van der Waals surface area contributed by atoms with E-state index in [9.17, 15) is 4.79 Å². The van der Waals surface area contributed by atoms with E-state index in [-0.39, 0.29) is 11.9 Å². The van der Waals surface area contributed by atoms with Gasteiger partial charge in [0.25, 0.3) is 0 Å². The fourth-order valence-corrected chi connectivity index (χ4v) is 2.39. The Bertz CT molecular complexity index is 468. The molecule has 1 atom stereocenters. The predicted octanol–water partition coefficient (Wildman–Crippen LogP) is 1.71. The molecule has 2 rings (SSSR count). The Morgan fingerprint density at radius 1 is 1.40 bits per heavy atom. The molecule has 1 aliphatic rings. The molecule has 0 bridgehead atoms. The highest BCUT2D eigenvalue weighted by atomic mass is 32.2. The maximum absolute atomic E-state index is 11.2. The van der Waals surface area contributed by atoms with Crippen molar-refractivity contribution in [1.82, 2.24) is 15.3 Å². The highest BCUT2D eigenvalue weighted by molar-refractivity contribution is 7.98. The number of amides is 1. The number of carbonyl (C=O) groups is 1. The van der Waals surface area contributed by atoms with Crippen LogP contribution in [0.1, 0.15) is 26.2 Å². The maximum Gasteiger partial charge on any atom is 0.220 e. The number of carbonyl (C=O) groups excluding carboxylic acids is 1. The Morgan fingerprint density at radius 3 is 2.75 bits per heavy atom. The third kappa shape index (κ3) is 4.26. The predicted molar refractivity (Wildman–Crippen MR) is 82.2 cm³/mol. The van der Waals surface area contributed by atoms with E-state index in [1.165, 1.54) is 11.8 Å². The smallest absolute Gasteiger partial charge is 0.220 e. The summed E-state index contributed by atoms with van der Waals surface area (Å²) >= 11 is 1.52. The van der Waals surface area contributed by atoms with Crippen LogP contribution in [0.15, 0.2) is 11.2 Å². The van der Waals surface area contributed by atoms with Gasteiger partial charge in [-0.3, -0.25) is 4.79 Å². The number of aromatic nitrogens is 2. The van der Waals surface area contributed by atoms with Gasteiger partial charge in [-0.1, -0.05) is 18.7 Å². The summed E-state index contributed by atoms with van der Waals surface area (Å²) in [6.45, 7) is 3.71. The van der Waals surface area contributed by atoms with Crippen molar-refractivity contribution < 1.29 is 4.79 Å². The van der Waals surface area contributed by atoms with E-state index in [1.807, 2.05) is 12.3 Å². The number of rotatable bonds is 7. The average molecular weight is 295 g/mol. The van der Waals surface area contributed by atoms with E-state index in [1.54, 1.807) is 0 Å². The second-order valence-electron chi connectivity index (χ2n) is 4.74. The Morgan fingerprint density at radius 2 is 2.15 bits per heavy atom. The molecule has 1 unspecified atom stereocenters. The molecule has 1 fully saturated rings. The van der Waals surface area contributed by atoms with Crippen LogP contribution in [0.3, 0.4) is 0 Å². The van der Waals surface area contributed by atoms with E-state index in [2.05, 4.69) is 32.8 Å². The Kier molecular flexibility index (Phi) is 5.46. The molecule has 0 saturated carbocycles. The minimum atomic E-state index is 0.134. The van der Waals surface area contributed by atoms with Gasteiger partial charge in [0.05, 0.1) is 0 Å². The molecule has 0 aliphatic carbocycles. The lowest BCUT2D eigenvalue weighted by atomic mass is 10.2. The van der Waals surface area contributed by atoms with Crippen molar-refractivity contribution in [3.63, 3.8) is 0 Å². The molecule has 1 aromatic heterocycles. The Labute approximate surface area is 123 Å². The van der Waals surface area contributed by atoms with E-state index in [0.717, 1.165) is 36.2 Å². The quantitative estimate of drug-likeness (QED) is 0.525. The van der Waals surface area contributed by atoms with Gasteiger partial charge in [0.2, 0.25) is 5.91 Å². The lowest BCUT2D eigenvalue weighted by Gasteiger charge is -2.13. The van der Waals surface area contributed by atoms with Gasteiger partial charge in [-0.25, -0.2) is 9.97 Å². The molecule has 20 heavy (non-hydrogen) atoms. The molecule has 6 nitrogen and oxygen atoms in total. The van der Waals surface area contributed by atoms with Crippen molar-refractivity contribution in [2.45, 2.75) is 37.4 Å². The second-order valence-corrected chi connectivity index (χ2v) is 5.51. The molecule has 1 amide bonds. The molecule has 110 valence electrons. The van der Waals surface area contributed by atoms with E-state index < -0.39 is 0 Å². The Hall–Kier alpha value is -1.50. The van der Waals surface area contributed by atoms with Crippen molar-refractivity contribution in [2.75, 3.05) is 30.0 Å². The van der Waals surface area contributed by atoms with Gasteiger partial charge in [0, 0.05) is 31.6 Å². The van der Waals surface area contributed by atoms with Gasteiger partial charge in [-0.05, 0) is 19.1 Å². The van der Waals surface area contributed by atoms with Crippen molar-refractivity contribution in [3.8, 4) is 0 Å². The van der Waals surface area contributed by atoms with Crippen molar-refractivity contribution in [3.05, 3.63) is 6.07 Å². The van der Waals surface area contributed by atoms with Gasteiger partial charge in [0.15, 0.2) is 5.16 Å². The fourth-order valence-electron chi connectivity index (χ4n) is 2.01. The van der Waals surface area contributed by atoms with Gasteiger partial charge >= 0.3 is 0 Å². The van der Waals surface area contributed by atoms with Crippen LogP contribution >= 0.6 is 11.8 Å². The lowest BCUT2D eigenvalue weighted by Crippen LogP contribution is -2.32. The molecule has 1 saturated heterocycles. The van der Waals surface area contributed by atoms with Crippen LogP contribution in [0.5, 0.6) is 0 Å². The average Bonchev–Trinajstić information content (AvgIpc) is 2.88. The number of nitrogens with zero attached hydrogens (tertiary/aromatic N) is 2. The number of thioether (sulfide) groups is 1. The van der Waals surface area contributed by atoms with Crippen molar-refractivity contribution in [2.24, 2.45) is 0 Å². The van der Waals surface area contributed by atoms with E-state index in [4.69, 9.17) is 0 Å². The van der Waals surface area contributed by atoms with Crippen LogP contribution in [-0.4, -0.2) is 41.3 Å². The first kappa shape index (κ1) is 14.9. The number of anilines is 2. The molecular weight excluding hydrogens is 274 g/mol. The van der Waals surface area contributed by atoms with Crippen LogP contribution in [0.4, 0.5) is 11.6 Å². The summed E-state index contributed by atoms with van der Waals surface area (Å²) in [4.78, 5) is 20.0. The standard InChI is InChI=1S/C13H21N5OS/c1-3-6-14-10-7-11(18-13(17-10)20-2)15-8-9-4-5-12(19)16-9/h7,9H,3-6,8H2,1-2H3,(H,16,19)(H2,14,15,17,18). The number of hydrogen-bond donors (Lipinski definition) is 3. The van der Waals surface area contributed by atoms with Crippen LogP contribution in [0.25, 0.3) is 0 Å². The lowest BCUT2D eigenvalue weighted by molar-refractivity contribution is -0.119. The molecule has 1 aromatic rings. The second kappa shape index (κ2) is 7.33. The zero-order valence-corrected chi connectivity index (χ0v) is 12.7. The first-order valence-electron chi connectivity index (χ1n) is 6.91. The van der Waals surface area contributed by atoms with Gasteiger partial charge in [-0.15, -0.1) is 0 Å². The van der Waals surface area contributed by atoms with Crippen LogP contribution < -0.4 is 16.0 Å². The number of hydrogen-bond acceptors (Lipinski definition) is 6. The SMILES string of the molecule is CCCNc1cc(NCC2CCC(=O)N2)nc(SC)n1. The summed E-state index contributed by atoms with van der Waals surface area (Å²) in [7, 11) is 0. The van der Waals surface area contributed by atoms with Gasteiger partial charge in [-0.2, -0.15) is 0 Å². The summed E-state index contributed by atoms with van der Waals surface area (Å²) in [6.07, 6.45) is 4.51. The molecule has 0 aromatic carbocycles. The number of nitrogens with one attached hydrogen (secondary N) is 3. The minimum Gasteiger partial charge on any atom is -0.370 e. The van der Waals surface area contributed by atoms with Crippen LogP contribution in [0, 0.1) is 0 Å². The third-order valence-electron chi connectivity index (χ3n) is 3.06. The highest BCUT2D eigenvalue weighted by Gasteiger charge is 2.20. The molecule has 0 radical (unpaired) electrons. The zero-order valence-electron chi connectivity index (χ0n) is 11.9. The Balaban J connectivity index is 1.96. The maximum atomic E-state index is 11.2. The fraction of sp³-hybridized carbons (Fsp3) is 0.615. The van der Waals surface area contributed by atoms with Crippen molar-refractivity contribution >= 4 is 29.3 Å². The summed E-state index contributed by atoms with van der Waals surface area (Å²) in [5.41, 5.74) is 0. The summed E-state index contributed by atoms with van der Waals surface area (Å²) in [5, 5.41) is 10.2. The largest absolute Gasteiger partial charge is 0.370 e. The third-order valence-corrected chi connectivity index (χ3v) is 3.61. The van der Waals surface area contributed by atoms with Gasteiger partial charge in [0.1, 0.15) is 11.6 Å². The molecule has 1 aliphatic heterocycles. The van der Waals surface area contributed by atoms with E-state index >= 15 is 0 Å². The van der Waals surface area contributed by atoms with E-state index in [0.29, 0.717) is 13.0 Å².